The van der Waals surface area contributed by atoms with Crippen molar-refractivity contribution >= 4 is 52.9 Å². The number of nitrogens with one attached hydrogen (secondary N) is 1. The van der Waals surface area contributed by atoms with E-state index in [0.29, 0.717) is 17.1 Å². The molecule has 5 atom stereocenters. The van der Waals surface area contributed by atoms with Crippen LogP contribution in [0.1, 0.15) is 111 Å². The van der Waals surface area contributed by atoms with Crippen molar-refractivity contribution < 1.29 is 0 Å². The summed E-state index contributed by atoms with van der Waals surface area (Å²) in [7, 11) is 0. The maximum Gasteiger partial charge on any atom is 0.169 e. The van der Waals surface area contributed by atoms with Gasteiger partial charge in [-0.1, -0.05) is 110 Å². The third kappa shape index (κ3) is 6.11. The number of nitrogens with zero attached hydrogens (tertiary/aromatic N) is 3. The van der Waals surface area contributed by atoms with E-state index >= 15 is 0 Å². The van der Waals surface area contributed by atoms with Crippen molar-refractivity contribution in [3.8, 4) is 0 Å². The van der Waals surface area contributed by atoms with Crippen molar-refractivity contribution in [2.75, 3.05) is 0 Å². The molecule has 1 aromatic heterocycles. The number of aromatic nitrogens is 1. The molecule has 2 aromatic rings. The highest BCUT2D eigenvalue weighted by Gasteiger charge is 2.54. The topological polar surface area (TPSA) is 41.7 Å². The lowest BCUT2D eigenvalue weighted by molar-refractivity contribution is 0.280. The maximum atomic E-state index is 5.51. The van der Waals surface area contributed by atoms with Crippen LogP contribution in [0.15, 0.2) is 129 Å². The molecule has 57 heavy (non-hydrogen) atoms. The molecule has 3 heterocycles. The second-order valence-corrected chi connectivity index (χ2v) is 18.6. The summed E-state index contributed by atoms with van der Waals surface area (Å²) in [6.45, 7) is 2.58. The molecule has 1 fully saturated rings. The first kappa shape index (κ1) is 35.3. The summed E-state index contributed by atoms with van der Waals surface area (Å²) in [6, 6.07) is 7.35. The molecule has 1 saturated heterocycles. The average molecular weight is 765 g/mol. The zero-order valence-electron chi connectivity index (χ0n) is 33.1. The smallest absolute Gasteiger partial charge is 0.169 e. The summed E-state index contributed by atoms with van der Waals surface area (Å²) in [5.41, 5.74) is 12.4. The zero-order valence-corrected chi connectivity index (χ0v) is 33.9. The molecule has 0 amide bonds. The van der Waals surface area contributed by atoms with E-state index in [9.17, 15) is 0 Å². The van der Waals surface area contributed by atoms with E-state index in [4.69, 9.17) is 9.98 Å². The number of amidine groups is 2. The standard InChI is InChI=1S/C52H52N4S/c1-52-33-46-42(40-25-14-15-28-45(40)56(46)38-23-12-5-13-24-38)32-47(52)57-48-41(26-16-27-44(48)52)39-30-29-37(34-17-6-2-7-18-34)31-43(39)51-54-49(35-19-8-3-9-20-35)53-50(55-51)36-21-10-4-11-22-36/h2-3,5-6,8,10,12,16-17,19,21-23,25,27-32,41,44,48,50H,4,7,9,11,13-15,18,20,24,26,33H2,1H3,(H,53,54,55). The van der Waals surface area contributed by atoms with E-state index in [0.717, 1.165) is 88.7 Å². The van der Waals surface area contributed by atoms with E-state index in [-0.39, 0.29) is 11.6 Å². The van der Waals surface area contributed by atoms with Crippen molar-refractivity contribution in [1.82, 2.24) is 9.88 Å². The van der Waals surface area contributed by atoms with E-state index in [1.54, 1.807) is 4.91 Å². The fraction of sp³-hybridized carbons (Fsp3) is 0.346. The van der Waals surface area contributed by atoms with Crippen LogP contribution >= 0.6 is 11.8 Å². The first-order valence-corrected chi connectivity index (χ1v) is 22.5. The fourth-order valence-corrected chi connectivity index (χ4v) is 12.8. The van der Waals surface area contributed by atoms with Gasteiger partial charge in [0.15, 0.2) is 6.17 Å². The Bertz CT molecular complexity index is 2570. The molecule has 0 bridgehead atoms. The number of rotatable bonds is 6. The van der Waals surface area contributed by atoms with Gasteiger partial charge in [0.1, 0.15) is 11.7 Å². The summed E-state index contributed by atoms with van der Waals surface area (Å²) in [4.78, 5) is 12.4. The summed E-state index contributed by atoms with van der Waals surface area (Å²) in [6.07, 6.45) is 52.8. The molecule has 11 rings (SSSR count). The second kappa shape index (κ2) is 14.5. The summed E-state index contributed by atoms with van der Waals surface area (Å²) in [5.74, 6) is 2.74. The van der Waals surface area contributed by atoms with Crippen LogP contribution in [-0.2, 0) is 6.42 Å². The highest BCUT2D eigenvalue weighted by molar-refractivity contribution is 8.04. The molecule has 5 heteroatoms. The van der Waals surface area contributed by atoms with Gasteiger partial charge in [-0.2, -0.15) is 0 Å². The SMILES string of the molecule is CC12Cc3c(c4c(n3C3=CC=CCC3)=CCCC=4)C=C1SC1C(c3ccc(C4=CC=CCC4)cc3C3=NC(C4=CCCC=C4)N=C(C4=CC=CCC4)N3)CC=CC12. The summed E-state index contributed by atoms with van der Waals surface area (Å²) < 4.78 is 2.67. The second-order valence-electron chi connectivity index (χ2n) is 17.3. The fourth-order valence-electron chi connectivity index (χ4n) is 10.9. The lowest BCUT2D eigenvalue weighted by Gasteiger charge is -2.39. The van der Waals surface area contributed by atoms with E-state index in [2.05, 4.69) is 150 Å². The van der Waals surface area contributed by atoms with Crippen LogP contribution in [-0.4, -0.2) is 27.7 Å². The molecule has 5 unspecified atom stereocenters. The minimum atomic E-state index is -0.251. The van der Waals surface area contributed by atoms with E-state index in [1.807, 2.05) is 0 Å². The highest BCUT2D eigenvalue weighted by atomic mass is 32.2. The lowest BCUT2D eigenvalue weighted by atomic mass is 9.65. The maximum absolute atomic E-state index is 5.51. The van der Waals surface area contributed by atoms with Crippen molar-refractivity contribution in [1.29, 1.82) is 0 Å². The molecule has 0 spiro atoms. The van der Waals surface area contributed by atoms with E-state index < -0.39 is 0 Å². The Balaban J connectivity index is 1.02. The Labute approximate surface area is 341 Å². The zero-order chi connectivity index (χ0) is 37.9. The molecule has 0 saturated carbocycles. The van der Waals surface area contributed by atoms with Crippen LogP contribution in [0, 0.1) is 11.3 Å². The third-order valence-electron chi connectivity index (χ3n) is 13.8. The van der Waals surface area contributed by atoms with Gasteiger partial charge in [0, 0.05) is 49.7 Å². The van der Waals surface area contributed by atoms with Crippen LogP contribution in [0.5, 0.6) is 0 Å². The molecular weight excluding hydrogens is 713 g/mol. The molecule has 0 radical (unpaired) electrons. The predicted octanol–water partition coefficient (Wildman–Crippen LogP) is 10.8. The van der Waals surface area contributed by atoms with Crippen molar-refractivity contribution in [2.24, 2.45) is 21.3 Å². The first-order valence-electron chi connectivity index (χ1n) is 21.6. The Hall–Kier alpha value is -4.87. The molecule has 4 nitrogen and oxygen atoms in total. The number of hydrogen-bond donors (Lipinski definition) is 1. The van der Waals surface area contributed by atoms with Gasteiger partial charge in [-0.25, -0.2) is 9.98 Å². The molecule has 286 valence electrons. The van der Waals surface area contributed by atoms with Crippen LogP contribution in [0.2, 0.25) is 0 Å². The quantitative estimate of drug-likeness (QED) is 0.298. The third-order valence-corrected chi connectivity index (χ3v) is 15.6. The normalized spacial score (nSPS) is 29.5. The first-order chi connectivity index (χ1) is 28.1. The number of allylic oxidation sites excluding steroid dienone is 16. The van der Waals surface area contributed by atoms with Crippen molar-refractivity contribution in [2.45, 2.75) is 101 Å². The Morgan fingerprint density at radius 2 is 1.58 bits per heavy atom. The number of hydrogen-bond acceptors (Lipinski definition) is 4. The molecule has 1 N–H and O–H groups in total. The minimum Gasteiger partial charge on any atom is -0.325 e. The van der Waals surface area contributed by atoms with Gasteiger partial charge in [0.25, 0.3) is 0 Å². The van der Waals surface area contributed by atoms with Crippen LogP contribution in [0.25, 0.3) is 29.5 Å². The van der Waals surface area contributed by atoms with Crippen LogP contribution in [0.3, 0.4) is 0 Å². The average Bonchev–Trinajstić information content (AvgIpc) is 3.76. The van der Waals surface area contributed by atoms with Crippen molar-refractivity contribution in [3.63, 3.8) is 0 Å². The number of benzene rings is 1. The molecule has 9 aliphatic rings. The predicted molar refractivity (Wildman–Crippen MR) is 242 cm³/mol. The Morgan fingerprint density at radius 3 is 2.37 bits per heavy atom. The number of fused-ring (bicyclic) bond motifs is 6. The van der Waals surface area contributed by atoms with Crippen molar-refractivity contribution in [3.05, 3.63) is 158 Å². The number of thioether (sulfide) groups is 1. The monoisotopic (exact) mass is 764 g/mol. The van der Waals surface area contributed by atoms with Crippen LogP contribution < -0.4 is 15.9 Å². The molecule has 7 aliphatic carbocycles. The molecule has 1 aromatic carbocycles. The highest BCUT2D eigenvalue weighted by Crippen LogP contribution is 2.64. The lowest BCUT2D eigenvalue weighted by Crippen LogP contribution is -2.40. The van der Waals surface area contributed by atoms with Gasteiger partial charge >= 0.3 is 0 Å². The van der Waals surface area contributed by atoms with Gasteiger partial charge in [0.2, 0.25) is 0 Å². The van der Waals surface area contributed by atoms with Crippen LogP contribution in [0.4, 0.5) is 0 Å². The molecule has 2 aliphatic heterocycles. The number of aliphatic imine (C=N–C) groups is 2. The summed E-state index contributed by atoms with van der Waals surface area (Å²) in [5, 5.41) is 7.21. The van der Waals surface area contributed by atoms with Gasteiger partial charge in [-0.15, -0.1) is 11.8 Å². The van der Waals surface area contributed by atoms with Gasteiger partial charge in [-0.05, 0) is 134 Å². The largest absolute Gasteiger partial charge is 0.325 e. The van der Waals surface area contributed by atoms with Gasteiger partial charge in [-0.3, -0.25) is 0 Å². The molecular formula is C52H52N4S. The minimum absolute atomic E-state index is 0.0485. The Kier molecular flexibility index (Phi) is 8.98. The van der Waals surface area contributed by atoms with Gasteiger partial charge < -0.3 is 9.88 Å². The van der Waals surface area contributed by atoms with E-state index in [1.165, 1.54) is 60.9 Å². The summed E-state index contributed by atoms with van der Waals surface area (Å²) >= 11 is 2.18. The van der Waals surface area contributed by atoms with Gasteiger partial charge in [0.05, 0.1) is 0 Å². The Morgan fingerprint density at radius 1 is 0.789 bits per heavy atom.